The fourth-order valence-electron chi connectivity index (χ4n) is 5.27. The zero-order valence-corrected chi connectivity index (χ0v) is 21.0. The van der Waals surface area contributed by atoms with Gasteiger partial charge in [0.15, 0.2) is 0 Å². The Morgan fingerprint density at radius 3 is 2.24 bits per heavy atom. The zero-order chi connectivity index (χ0) is 23.4. The highest BCUT2D eigenvalue weighted by atomic mass is 127. The summed E-state index contributed by atoms with van der Waals surface area (Å²) >= 11 is 2.32. The van der Waals surface area contributed by atoms with Crippen molar-refractivity contribution < 1.29 is 13.6 Å². The summed E-state index contributed by atoms with van der Waals surface area (Å²) in [5, 5.41) is 0. The molecule has 3 aliphatic rings. The summed E-state index contributed by atoms with van der Waals surface area (Å²) in [4.78, 5) is 21.4. The van der Waals surface area contributed by atoms with Gasteiger partial charge in [0.25, 0.3) is 11.8 Å². The number of anilines is 2. The number of aryl methyl sites for hydroxylation is 1. The lowest BCUT2D eigenvalue weighted by atomic mass is 9.91. The number of alkyl halides is 2. The van der Waals surface area contributed by atoms with E-state index in [0.29, 0.717) is 16.8 Å². The van der Waals surface area contributed by atoms with E-state index in [1.165, 1.54) is 12.8 Å². The number of amides is 1. The molecule has 3 heterocycles. The van der Waals surface area contributed by atoms with Crippen LogP contribution in [0.15, 0.2) is 24.3 Å². The first-order valence-corrected chi connectivity index (χ1v) is 12.7. The molecule has 2 aromatic rings. The van der Waals surface area contributed by atoms with Crippen LogP contribution in [0.3, 0.4) is 0 Å². The Morgan fingerprint density at radius 2 is 1.64 bits per heavy atom. The lowest BCUT2D eigenvalue weighted by molar-refractivity contribution is -0.0221. The molecule has 1 saturated carbocycles. The Morgan fingerprint density at radius 1 is 1.00 bits per heavy atom. The van der Waals surface area contributed by atoms with Crippen LogP contribution in [0.25, 0.3) is 11.1 Å². The number of carbonyl (C=O) groups is 1. The van der Waals surface area contributed by atoms with Crippen LogP contribution in [-0.2, 0) is 0 Å². The average molecular weight is 566 g/mol. The van der Waals surface area contributed by atoms with E-state index in [9.17, 15) is 13.6 Å². The predicted molar refractivity (Wildman–Crippen MR) is 135 cm³/mol. The van der Waals surface area contributed by atoms with Crippen molar-refractivity contribution in [2.24, 2.45) is 11.1 Å². The minimum atomic E-state index is -2.60. The molecule has 2 aliphatic heterocycles. The second-order valence-electron chi connectivity index (χ2n) is 9.87. The van der Waals surface area contributed by atoms with E-state index in [1.807, 2.05) is 36.1 Å². The molecule has 0 bridgehead atoms. The standard InChI is InChI=1S/C25H29F2IN4O/c1-16-14-17(15-20(30-16)31-12-8-25(26,27)9-13-31)21-19(28)3-2-18(23(29)33)22(21)32-10-6-24(4-5-24)7-11-32/h2-3,14-15H,4-13H2,1H3,(H2,29,33). The molecule has 3 fully saturated rings. The van der Waals surface area contributed by atoms with Crippen molar-refractivity contribution >= 4 is 40.0 Å². The lowest BCUT2D eigenvalue weighted by Gasteiger charge is -2.36. The van der Waals surface area contributed by atoms with Crippen molar-refractivity contribution in [1.82, 2.24) is 4.98 Å². The monoisotopic (exact) mass is 566 g/mol. The maximum Gasteiger partial charge on any atom is 0.251 e. The maximum absolute atomic E-state index is 13.7. The number of halogens is 3. The molecular weight excluding hydrogens is 537 g/mol. The molecule has 1 spiro atoms. The molecule has 176 valence electrons. The predicted octanol–water partition coefficient (Wildman–Crippen LogP) is 5.38. The van der Waals surface area contributed by atoms with E-state index in [2.05, 4.69) is 32.5 Å². The number of aromatic nitrogens is 1. The van der Waals surface area contributed by atoms with Gasteiger partial charge < -0.3 is 15.5 Å². The number of piperidine rings is 2. The first-order chi connectivity index (χ1) is 15.7. The lowest BCUT2D eigenvalue weighted by Crippen LogP contribution is -2.39. The van der Waals surface area contributed by atoms with Crippen LogP contribution >= 0.6 is 22.6 Å². The number of carbonyl (C=O) groups excluding carboxylic acids is 1. The average Bonchev–Trinajstić information content (AvgIpc) is 3.52. The van der Waals surface area contributed by atoms with Crippen molar-refractivity contribution in [2.45, 2.75) is 51.4 Å². The molecule has 1 amide bonds. The maximum atomic E-state index is 13.7. The summed E-state index contributed by atoms with van der Waals surface area (Å²) in [6.45, 7) is 4.30. The molecule has 2 saturated heterocycles. The van der Waals surface area contributed by atoms with E-state index in [-0.39, 0.29) is 25.9 Å². The summed E-state index contributed by atoms with van der Waals surface area (Å²) in [6, 6.07) is 7.75. The second kappa shape index (κ2) is 8.36. The van der Waals surface area contributed by atoms with Crippen LogP contribution in [0.4, 0.5) is 20.3 Å². The summed E-state index contributed by atoms with van der Waals surface area (Å²) in [5.41, 5.74) is 10.5. The number of benzene rings is 1. The van der Waals surface area contributed by atoms with Gasteiger partial charge in [-0.15, -0.1) is 0 Å². The first-order valence-electron chi connectivity index (χ1n) is 11.7. The third-order valence-corrected chi connectivity index (χ3v) is 8.44. The number of nitrogens with zero attached hydrogens (tertiary/aromatic N) is 3. The van der Waals surface area contributed by atoms with Crippen molar-refractivity contribution in [2.75, 3.05) is 36.0 Å². The highest BCUT2D eigenvalue weighted by Gasteiger charge is 2.45. The van der Waals surface area contributed by atoms with E-state index in [1.54, 1.807) is 0 Å². The Kier molecular flexibility index (Phi) is 5.77. The quantitative estimate of drug-likeness (QED) is 0.506. The Balaban J connectivity index is 1.57. The molecule has 1 aromatic carbocycles. The van der Waals surface area contributed by atoms with Gasteiger partial charge in [-0.3, -0.25) is 4.79 Å². The minimum absolute atomic E-state index is 0.159. The molecule has 1 aliphatic carbocycles. The van der Waals surface area contributed by atoms with Crippen molar-refractivity contribution in [1.29, 1.82) is 0 Å². The van der Waals surface area contributed by atoms with Crippen molar-refractivity contribution in [3.8, 4) is 11.1 Å². The third kappa shape index (κ3) is 4.55. The van der Waals surface area contributed by atoms with Crippen LogP contribution in [0.2, 0.25) is 0 Å². The molecule has 0 unspecified atom stereocenters. The minimum Gasteiger partial charge on any atom is -0.370 e. The number of rotatable bonds is 4. The topological polar surface area (TPSA) is 62.5 Å². The summed E-state index contributed by atoms with van der Waals surface area (Å²) in [6.07, 6.45) is 4.58. The molecule has 0 atom stereocenters. The number of primary amides is 1. The molecule has 0 radical (unpaired) electrons. The smallest absolute Gasteiger partial charge is 0.251 e. The van der Waals surface area contributed by atoms with Gasteiger partial charge in [-0.1, -0.05) is 0 Å². The van der Waals surface area contributed by atoms with Crippen LogP contribution in [0, 0.1) is 15.9 Å². The number of hydrogen-bond donors (Lipinski definition) is 1. The molecule has 5 nitrogen and oxygen atoms in total. The van der Waals surface area contributed by atoms with Gasteiger partial charge in [-0.25, -0.2) is 13.8 Å². The molecule has 1 aromatic heterocycles. The molecule has 2 N–H and O–H groups in total. The van der Waals surface area contributed by atoms with Crippen LogP contribution in [0.5, 0.6) is 0 Å². The summed E-state index contributed by atoms with van der Waals surface area (Å²) < 4.78 is 28.4. The highest BCUT2D eigenvalue weighted by Crippen LogP contribution is 2.54. The summed E-state index contributed by atoms with van der Waals surface area (Å²) in [7, 11) is 0. The van der Waals surface area contributed by atoms with Gasteiger partial charge >= 0.3 is 0 Å². The fourth-order valence-corrected chi connectivity index (χ4v) is 6.02. The van der Waals surface area contributed by atoms with Gasteiger partial charge in [0, 0.05) is 53.8 Å². The van der Waals surface area contributed by atoms with E-state index in [0.717, 1.165) is 52.0 Å². The van der Waals surface area contributed by atoms with E-state index < -0.39 is 11.8 Å². The van der Waals surface area contributed by atoms with Crippen molar-refractivity contribution in [3.63, 3.8) is 0 Å². The third-order valence-electron chi connectivity index (χ3n) is 7.54. The number of pyridine rings is 1. The Hall–Kier alpha value is -1.97. The fraction of sp³-hybridized carbons (Fsp3) is 0.520. The van der Waals surface area contributed by atoms with Crippen LogP contribution in [0.1, 0.15) is 54.6 Å². The van der Waals surface area contributed by atoms with E-state index >= 15 is 0 Å². The Labute approximate surface area is 206 Å². The van der Waals surface area contributed by atoms with Gasteiger partial charge in [-0.05, 0) is 90.4 Å². The number of nitrogens with two attached hydrogens (primary N) is 1. The largest absolute Gasteiger partial charge is 0.370 e. The van der Waals surface area contributed by atoms with Gasteiger partial charge in [0.2, 0.25) is 0 Å². The van der Waals surface area contributed by atoms with Gasteiger partial charge in [0.05, 0.1) is 11.3 Å². The highest BCUT2D eigenvalue weighted by molar-refractivity contribution is 14.1. The molecule has 33 heavy (non-hydrogen) atoms. The molecule has 5 rings (SSSR count). The van der Waals surface area contributed by atoms with Crippen LogP contribution in [-0.4, -0.2) is 43.0 Å². The summed E-state index contributed by atoms with van der Waals surface area (Å²) in [5.74, 6) is -2.32. The zero-order valence-electron chi connectivity index (χ0n) is 18.8. The van der Waals surface area contributed by atoms with Gasteiger partial charge in [0.1, 0.15) is 5.82 Å². The van der Waals surface area contributed by atoms with E-state index in [4.69, 9.17) is 5.73 Å². The second-order valence-corrected chi connectivity index (χ2v) is 11.0. The molecule has 8 heteroatoms. The van der Waals surface area contributed by atoms with Crippen molar-refractivity contribution in [3.05, 3.63) is 39.1 Å². The Bertz CT molecular complexity index is 1080. The number of hydrogen-bond acceptors (Lipinski definition) is 4. The van der Waals surface area contributed by atoms with Crippen LogP contribution < -0.4 is 15.5 Å². The van der Waals surface area contributed by atoms with Gasteiger partial charge in [-0.2, -0.15) is 0 Å². The first kappa shape index (κ1) is 22.8. The normalized spacial score (nSPS) is 21.3. The SMILES string of the molecule is Cc1cc(-c2c(I)ccc(C(N)=O)c2N2CCC3(CC2)CC3)cc(N2CCC(F)(F)CC2)n1. The molecular formula is C25H29F2IN4O.